The van der Waals surface area contributed by atoms with Crippen LogP contribution in [0.25, 0.3) is 11.4 Å². The highest BCUT2D eigenvalue weighted by atomic mass is 16.5. The minimum absolute atomic E-state index is 0.00668. The molecule has 0 saturated carbocycles. The van der Waals surface area contributed by atoms with E-state index in [0.29, 0.717) is 28.4 Å². The van der Waals surface area contributed by atoms with Crippen LogP contribution in [0, 0.1) is 11.3 Å². The molecule has 0 atom stereocenters. The van der Waals surface area contributed by atoms with Gasteiger partial charge in [0.05, 0.1) is 28.6 Å². The van der Waals surface area contributed by atoms with Crippen LogP contribution in [0.2, 0.25) is 0 Å². The zero-order chi connectivity index (χ0) is 21.9. The number of benzene rings is 1. The summed E-state index contributed by atoms with van der Waals surface area (Å²) in [5.41, 5.74) is 1.76. The third-order valence-corrected chi connectivity index (χ3v) is 4.09. The zero-order valence-electron chi connectivity index (χ0n) is 17.7. The summed E-state index contributed by atoms with van der Waals surface area (Å²) >= 11 is 0. The van der Waals surface area contributed by atoms with Gasteiger partial charge in [-0.3, -0.25) is 9.48 Å². The van der Waals surface area contributed by atoms with E-state index < -0.39 is 0 Å². The minimum atomic E-state index is -0.370. The van der Waals surface area contributed by atoms with Gasteiger partial charge in [0.1, 0.15) is 5.75 Å². The summed E-state index contributed by atoms with van der Waals surface area (Å²) < 4.78 is 7.51. The van der Waals surface area contributed by atoms with Gasteiger partial charge in [-0.15, -0.1) is 0 Å². The normalized spacial score (nSPS) is 11.2. The van der Waals surface area contributed by atoms with Gasteiger partial charge in [-0.05, 0) is 71.0 Å². The van der Waals surface area contributed by atoms with Crippen LogP contribution in [0.1, 0.15) is 50.7 Å². The van der Waals surface area contributed by atoms with Crippen LogP contribution < -0.4 is 10.1 Å². The van der Waals surface area contributed by atoms with Crippen molar-refractivity contribution in [3.8, 4) is 29.2 Å². The second-order valence-electron chi connectivity index (χ2n) is 8.09. The van der Waals surface area contributed by atoms with Crippen molar-refractivity contribution < 1.29 is 9.53 Å². The number of hydrogen-bond acceptors (Lipinski definition) is 6. The molecule has 0 spiro atoms. The lowest BCUT2D eigenvalue weighted by Gasteiger charge is -2.22. The molecule has 0 bridgehead atoms. The fraction of sp³-hybridized carbons (Fsp3) is 0.318. The number of nitriles is 1. The summed E-state index contributed by atoms with van der Waals surface area (Å²) in [6.45, 7) is 9.81. The van der Waals surface area contributed by atoms with Crippen molar-refractivity contribution in [2.45, 2.75) is 46.2 Å². The molecule has 2 aromatic heterocycles. The SMILES string of the molecule is CC(C)NC(=O)c1cc(-c2ccnc(Oc3ccc(C#N)cc3)n2)n(C(C)(C)C)n1. The monoisotopic (exact) mass is 404 g/mol. The number of carbonyl (C=O) groups is 1. The second-order valence-corrected chi connectivity index (χ2v) is 8.09. The van der Waals surface area contributed by atoms with Crippen LogP contribution >= 0.6 is 0 Å². The first-order valence-electron chi connectivity index (χ1n) is 9.60. The first-order chi connectivity index (χ1) is 14.2. The smallest absolute Gasteiger partial charge is 0.322 e. The Labute approximate surface area is 175 Å². The molecular formula is C22H24N6O2. The molecule has 0 saturated heterocycles. The summed E-state index contributed by atoms with van der Waals surface area (Å²) in [6.07, 6.45) is 1.59. The van der Waals surface area contributed by atoms with E-state index in [1.807, 2.05) is 34.6 Å². The lowest BCUT2D eigenvalue weighted by Crippen LogP contribution is -2.31. The molecule has 154 valence electrons. The third-order valence-electron chi connectivity index (χ3n) is 4.09. The van der Waals surface area contributed by atoms with Crippen molar-refractivity contribution in [3.05, 3.63) is 53.9 Å². The van der Waals surface area contributed by atoms with E-state index >= 15 is 0 Å². The summed E-state index contributed by atoms with van der Waals surface area (Å²) in [7, 11) is 0. The summed E-state index contributed by atoms with van der Waals surface area (Å²) in [5.74, 6) is 0.282. The van der Waals surface area contributed by atoms with Crippen LogP contribution in [0.3, 0.4) is 0 Å². The van der Waals surface area contributed by atoms with E-state index in [1.165, 1.54) is 0 Å². The topological polar surface area (TPSA) is 106 Å². The maximum absolute atomic E-state index is 12.5. The van der Waals surface area contributed by atoms with Gasteiger partial charge < -0.3 is 10.1 Å². The molecule has 3 aromatic rings. The fourth-order valence-corrected chi connectivity index (χ4v) is 2.76. The number of ether oxygens (including phenoxy) is 1. The van der Waals surface area contributed by atoms with Gasteiger partial charge in [-0.1, -0.05) is 0 Å². The van der Waals surface area contributed by atoms with Crippen LogP contribution in [-0.4, -0.2) is 31.7 Å². The van der Waals surface area contributed by atoms with Gasteiger partial charge in [-0.25, -0.2) is 4.98 Å². The Hall–Kier alpha value is -3.73. The predicted molar refractivity (Wildman–Crippen MR) is 112 cm³/mol. The van der Waals surface area contributed by atoms with E-state index in [1.54, 1.807) is 47.3 Å². The maximum atomic E-state index is 12.5. The second kappa shape index (κ2) is 8.33. The van der Waals surface area contributed by atoms with Gasteiger partial charge in [0, 0.05) is 12.2 Å². The lowest BCUT2D eigenvalue weighted by molar-refractivity contribution is 0.0936. The molecule has 0 radical (unpaired) electrons. The van der Waals surface area contributed by atoms with Crippen LogP contribution in [-0.2, 0) is 5.54 Å². The van der Waals surface area contributed by atoms with E-state index in [-0.39, 0.29) is 23.5 Å². The summed E-state index contributed by atoms with van der Waals surface area (Å²) in [6, 6.07) is 12.4. The predicted octanol–water partition coefficient (Wildman–Crippen LogP) is 3.90. The van der Waals surface area contributed by atoms with Gasteiger partial charge in [0.2, 0.25) is 0 Å². The Bertz CT molecular complexity index is 1090. The first kappa shape index (κ1) is 21.0. The number of amides is 1. The number of rotatable bonds is 5. The van der Waals surface area contributed by atoms with Crippen molar-refractivity contribution >= 4 is 5.91 Å². The highest BCUT2D eigenvalue weighted by Gasteiger charge is 2.24. The highest BCUT2D eigenvalue weighted by Crippen LogP contribution is 2.27. The van der Waals surface area contributed by atoms with E-state index in [0.717, 1.165) is 0 Å². The molecule has 0 fully saturated rings. The highest BCUT2D eigenvalue weighted by molar-refractivity contribution is 5.93. The Kier molecular flexibility index (Phi) is 5.83. The standard InChI is InChI=1S/C22H24N6O2/c1-14(2)25-20(29)18-12-19(28(27-18)22(3,4)5)17-10-11-24-21(26-17)30-16-8-6-15(13-23)7-9-16/h6-12,14H,1-5H3,(H,25,29). The number of hydrogen-bond donors (Lipinski definition) is 1. The van der Waals surface area contributed by atoms with E-state index in [2.05, 4.69) is 26.5 Å². The molecule has 1 N–H and O–H groups in total. The quantitative estimate of drug-likeness (QED) is 0.691. The molecule has 8 heteroatoms. The van der Waals surface area contributed by atoms with Crippen molar-refractivity contribution in [2.75, 3.05) is 0 Å². The van der Waals surface area contributed by atoms with Crippen LogP contribution in [0.15, 0.2) is 42.6 Å². The molecule has 0 aliphatic rings. The van der Waals surface area contributed by atoms with E-state index in [4.69, 9.17) is 10.00 Å². The van der Waals surface area contributed by atoms with Crippen LogP contribution in [0.5, 0.6) is 11.8 Å². The minimum Gasteiger partial charge on any atom is -0.424 e. The van der Waals surface area contributed by atoms with Gasteiger partial charge in [-0.2, -0.15) is 15.3 Å². The van der Waals surface area contributed by atoms with Crippen molar-refractivity contribution in [2.24, 2.45) is 0 Å². The van der Waals surface area contributed by atoms with Gasteiger partial charge in [0.25, 0.3) is 5.91 Å². The Morgan fingerprint density at radius 2 is 1.90 bits per heavy atom. The van der Waals surface area contributed by atoms with Crippen molar-refractivity contribution in [1.82, 2.24) is 25.1 Å². The lowest BCUT2D eigenvalue weighted by atomic mass is 10.1. The molecule has 1 aromatic carbocycles. The molecule has 30 heavy (non-hydrogen) atoms. The number of aromatic nitrogens is 4. The van der Waals surface area contributed by atoms with Gasteiger partial charge >= 0.3 is 6.01 Å². The Morgan fingerprint density at radius 3 is 2.50 bits per heavy atom. The molecule has 2 heterocycles. The molecule has 0 unspecified atom stereocenters. The van der Waals surface area contributed by atoms with Crippen LogP contribution in [0.4, 0.5) is 0 Å². The number of carbonyl (C=O) groups excluding carboxylic acids is 1. The molecular weight excluding hydrogens is 380 g/mol. The molecule has 1 amide bonds. The fourth-order valence-electron chi connectivity index (χ4n) is 2.76. The number of nitrogens with zero attached hydrogens (tertiary/aromatic N) is 5. The molecule has 8 nitrogen and oxygen atoms in total. The average Bonchev–Trinajstić information content (AvgIpc) is 3.15. The van der Waals surface area contributed by atoms with E-state index in [9.17, 15) is 4.79 Å². The average molecular weight is 404 g/mol. The summed E-state index contributed by atoms with van der Waals surface area (Å²) in [4.78, 5) is 21.1. The molecule has 0 aliphatic heterocycles. The third kappa shape index (κ3) is 4.81. The van der Waals surface area contributed by atoms with Gasteiger partial charge in [0.15, 0.2) is 5.69 Å². The largest absolute Gasteiger partial charge is 0.424 e. The van der Waals surface area contributed by atoms with Crippen molar-refractivity contribution in [3.63, 3.8) is 0 Å². The number of nitrogens with one attached hydrogen (secondary N) is 1. The molecule has 0 aliphatic carbocycles. The Morgan fingerprint density at radius 1 is 1.20 bits per heavy atom. The zero-order valence-corrected chi connectivity index (χ0v) is 17.7. The first-order valence-corrected chi connectivity index (χ1v) is 9.60. The molecule has 3 rings (SSSR count). The Balaban J connectivity index is 1.96. The van der Waals surface area contributed by atoms with Crippen molar-refractivity contribution in [1.29, 1.82) is 5.26 Å². The summed E-state index contributed by atoms with van der Waals surface area (Å²) in [5, 5.41) is 16.3. The maximum Gasteiger partial charge on any atom is 0.322 e.